The minimum Gasteiger partial charge on any atom is -0.318 e. The van der Waals surface area contributed by atoms with Crippen LogP contribution in [-0.4, -0.2) is 18.4 Å². The van der Waals surface area contributed by atoms with Crippen molar-refractivity contribution in [1.29, 1.82) is 0 Å². The predicted molar refractivity (Wildman–Crippen MR) is 87.6 cm³/mol. The lowest BCUT2D eigenvalue weighted by Gasteiger charge is -2.16. The quantitative estimate of drug-likeness (QED) is 0.811. The molecule has 0 bridgehead atoms. The van der Waals surface area contributed by atoms with Crippen LogP contribution in [0.15, 0.2) is 42.5 Å². The van der Waals surface area contributed by atoms with Gasteiger partial charge in [-0.05, 0) is 36.2 Å². The van der Waals surface area contributed by atoms with E-state index in [0.29, 0.717) is 22.3 Å². The zero-order chi connectivity index (χ0) is 15.7. The summed E-state index contributed by atoms with van der Waals surface area (Å²) in [6, 6.07) is 12.2. The Hall–Kier alpha value is -2.04. The fraction of sp³-hybridized carbons (Fsp3) is 0.125. The highest BCUT2D eigenvalue weighted by Crippen LogP contribution is 2.28. The van der Waals surface area contributed by atoms with Crippen LogP contribution in [0.3, 0.4) is 0 Å². The first-order valence-corrected chi connectivity index (χ1v) is 7.47. The summed E-state index contributed by atoms with van der Waals surface area (Å²) in [7, 11) is 0. The zero-order valence-corrected chi connectivity index (χ0v) is 13.0. The predicted octanol–water partition coefficient (Wildman–Crippen LogP) is 3.52. The lowest BCUT2D eigenvalue weighted by atomic mass is 10.2. The molecule has 0 spiro atoms. The molecule has 0 unspecified atom stereocenters. The summed E-state index contributed by atoms with van der Waals surface area (Å²) in [4.78, 5) is 25.9. The third kappa shape index (κ3) is 2.80. The fourth-order valence-corrected chi connectivity index (χ4v) is 2.73. The van der Waals surface area contributed by atoms with Crippen LogP contribution in [0, 0.1) is 0 Å². The molecular formula is C16H12Cl2N2O2. The lowest BCUT2D eigenvalue weighted by Crippen LogP contribution is -2.38. The largest absolute Gasteiger partial charge is 0.318 e. The number of carbonyl (C=O) groups excluding carboxylic acids is 2. The minimum atomic E-state index is -0.699. The number of halogens is 2. The third-order valence-electron chi connectivity index (χ3n) is 3.50. The summed E-state index contributed by atoms with van der Waals surface area (Å²) >= 11 is 11.7. The van der Waals surface area contributed by atoms with Crippen molar-refractivity contribution in [3.63, 3.8) is 0 Å². The van der Waals surface area contributed by atoms with Crippen molar-refractivity contribution in [2.75, 3.05) is 16.8 Å². The van der Waals surface area contributed by atoms with Crippen molar-refractivity contribution in [1.82, 2.24) is 0 Å². The van der Waals surface area contributed by atoms with Crippen molar-refractivity contribution >= 4 is 46.4 Å². The number of nitrogens with zero attached hydrogens (tertiary/aromatic N) is 1. The van der Waals surface area contributed by atoms with Gasteiger partial charge in [-0.25, -0.2) is 0 Å². The summed E-state index contributed by atoms with van der Waals surface area (Å²) in [5.74, 6) is -1.29. The normalized spacial score (nSPS) is 12.9. The van der Waals surface area contributed by atoms with Crippen LogP contribution in [0.4, 0.5) is 11.4 Å². The number of hydrogen-bond donors (Lipinski definition) is 1. The topological polar surface area (TPSA) is 49.4 Å². The Labute approximate surface area is 137 Å². The molecule has 0 saturated heterocycles. The van der Waals surface area contributed by atoms with E-state index in [2.05, 4.69) is 5.32 Å². The number of nitrogens with one attached hydrogen (secondary N) is 1. The van der Waals surface area contributed by atoms with Crippen molar-refractivity contribution in [3.8, 4) is 0 Å². The van der Waals surface area contributed by atoms with E-state index in [4.69, 9.17) is 23.2 Å². The van der Waals surface area contributed by atoms with Gasteiger partial charge in [0.15, 0.2) is 0 Å². The SMILES string of the molecule is O=C(Nc1ccc(Cl)c(Cl)c1)C(=O)N1CCc2ccccc21. The van der Waals surface area contributed by atoms with Gasteiger partial charge < -0.3 is 10.2 Å². The van der Waals surface area contributed by atoms with E-state index in [1.54, 1.807) is 12.1 Å². The van der Waals surface area contributed by atoms with E-state index in [1.165, 1.54) is 11.0 Å². The Morgan fingerprint density at radius 3 is 2.59 bits per heavy atom. The minimum absolute atomic E-state index is 0.318. The van der Waals surface area contributed by atoms with Gasteiger partial charge in [0.2, 0.25) is 0 Å². The second kappa shape index (κ2) is 5.99. The maximum Gasteiger partial charge on any atom is 0.316 e. The van der Waals surface area contributed by atoms with E-state index in [1.807, 2.05) is 24.3 Å². The molecule has 6 heteroatoms. The Morgan fingerprint density at radius 1 is 1.05 bits per heavy atom. The van der Waals surface area contributed by atoms with Gasteiger partial charge in [-0.2, -0.15) is 0 Å². The molecule has 0 atom stereocenters. The van der Waals surface area contributed by atoms with Crippen LogP contribution in [0.2, 0.25) is 10.0 Å². The average molecular weight is 335 g/mol. The highest BCUT2D eigenvalue weighted by atomic mass is 35.5. The Kier molecular flexibility index (Phi) is 4.05. The summed E-state index contributed by atoms with van der Waals surface area (Å²) < 4.78 is 0. The van der Waals surface area contributed by atoms with E-state index < -0.39 is 11.8 Å². The van der Waals surface area contributed by atoms with Crippen LogP contribution in [-0.2, 0) is 16.0 Å². The highest BCUT2D eigenvalue weighted by Gasteiger charge is 2.28. The van der Waals surface area contributed by atoms with E-state index in [9.17, 15) is 9.59 Å². The van der Waals surface area contributed by atoms with Crippen molar-refractivity contribution in [2.24, 2.45) is 0 Å². The number of rotatable bonds is 1. The molecule has 1 N–H and O–H groups in total. The first-order valence-electron chi connectivity index (χ1n) is 6.72. The van der Waals surface area contributed by atoms with E-state index in [-0.39, 0.29) is 0 Å². The molecule has 2 amide bonds. The van der Waals surface area contributed by atoms with Crippen LogP contribution in [0.5, 0.6) is 0 Å². The molecule has 0 aliphatic carbocycles. The number of benzene rings is 2. The lowest BCUT2D eigenvalue weighted by molar-refractivity contribution is -0.134. The molecule has 0 aromatic heterocycles. The van der Waals surface area contributed by atoms with Gasteiger partial charge in [0.25, 0.3) is 0 Å². The molecule has 22 heavy (non-hydrogen) atoms. The molecule has 2 aromatic rings. The highest BCUT2D eigenvalue weighted by molar-refractivity contribution is 6.45. The monoisotopic (exact) mass is 334 g/mol. The maximum atomic E-state index is 12.3. The van der Waals surface area contributed by atoms with Gasteiger partial charge in [0, 0.05) is 17.9 Å². The Bertz CT molecular complexity index is 762. The number of carbonyl (C=O) groups is 2. The molecule has 1 aliphatic rings. The van der Waals surface area contributed by atoms with Gasteiger partial charge in [-0.15, -0.1) is 0 Å². The molecule has 3 rings (SSSR count). The van der Waals surface area contributed by atoms with Crippen molar-refractivity contribution < 1.29 is 9.59 Å². The summed E-state index contributed by atoms with van der Waals surface area (Å²) in [6.07, 6.45) is 0.752. The molecule has 0 radical (unpaired) electrons. The maximum absolute atomic E-state index is 12.3. The molecule has 1 aliphatic heterocycles. The first kappa shape index (κ1) is 14.9. The van der Waals surface area contributed by atoms with Gasteiger partial charge in [-0.1, -0.05) is 41.4 Å². The number of fused-ring (bicyclic) bond motifs is 1. The Balaban J connectivity index is 1.75. The summed E-state index contributed by atoms with van der Waals surface area (Å²) in [5, 5.41) is 3.25. The summed E-state index contributed by atoms with van der Waals surface area (Å²) in [6.45, 7) is 0.507. The van der Waals surface area contributed by atoms with Crippen LogP contribution < -0.4 is 10.2 Å². The van der Waals surface area contributed by atoms with Gasteiger partial charge in [-0.3, -0.25) is 9.59 Å². The first-order chi connectivity index (χ1) is 10.6. The molecule has 2 aromatic carbocycles. The van der Waals surface area contributed by atoms with Crippen LogP contribution >= 0.6 is 23.2 Å². The third-order valence-corrected chi connectivity index (χ3v) is 4.24. The molecular weight excluding hydrogens is 323 g/mol. The molecule has 4 nitrogen and oxygen atoms in total. The van der Waals surface area contributed by atoms with E-state index >= 15 is 0 Å². The van der Waals surface area contributed by atoms with E-state index in [0.717, 1.165) is 17.7 Å². The van der Waals surface area contributed by atoms with Gasteiger partial charge >= 0.3 is 11.8 Å². The standard InChI is InChI=1S/C16H12Cl2N2O2/c17-12-6-5-11(9-13(12)18)19-15(21)16(22)20-8-7-10-3-1-2-4-14(10)20/h1-6,9H,7-8H2,(H,19,21). The summed E-state index contributed by atoms with van der Waals surface area (Å²) in [5.41, 5.74) is 2.29. The Morgan fingerprint density at radius 2 is 1.82 bits per heavy atom. The molecule has 1 heterocycles. The number of amides is 2. The van der Waals surface area contributed by atoms with Crippen molar-refractivity contribution in [3.05, 3.63) is 58.1 Å². The average Bonchev–Trinajstić information content (AvgIpc) is 2.94. The number of anilines is 2. The fourth-order valence-electron chi connectivity index (χ4n) is 2.43. The zero-order valence-electron chi connectivity index (χ0n) is 11.5. The smallest absolute Gasteiger partial charge is 0.316 e. The van der Waals surface area contributed by atoms with Crippen LogP contribution in [0.25, 0.3) is 0 Å². The number of para-hydroxylation sites is 1. The van der Waals surface area contributed by atoms with Crippen molar-refractivity contribution in [2.45, 2.75) is 6.42 Å². The molecule has 0 saturated carbocycles. The molecule has 112 valence electrons. The molecule has 0 fully saturated rings. The second-order valence-corrected chi connectivity index (χ2v) is 5.73. The number of hydrogen-bond acceptors (Lipinski definition) is 2. The van der Waals surface area contributed by atoms with Crippen LogP contribution in [0.1, 0.15) is 5.56 Å². The second-order valence-electron chi connectivity index (χ2n) is 4.92. The van der Waals surface area contributed by atoms with Gasteiger partial charge in [0.05, 0.1) is 10.0 Å². The van der Waals surface area contributed by atoms with Gasteiger partial charge in [0.1, 0.15) is 0 Å².